The number of hydrogen-bond acceptors (Lipinski definition) is 6. The first kappa shape index (κ1) is 13.5. The molecule has 0 saturated heterocycles. The van der Waals surface area contributed by atoms with Gasteiger partial charge in [0, 0.05) is 36.9 Å². The molecule has 106 valence electrons. The second-order valence-electron chi connectivity index (χ2n) is 4.55. The molecule has 3 aromatic heterocycles. The van der Waals surface area contributed by atoms with E-state index in [9.17, 15) is 0 Å². The summed E-state index contributed by atoms with van der Waals surface area (Å²) >= 11 is 1.38. The molecule has 0 aliphatic carbocycles. The van der Waals surface area contributed by atoms with Crippen LogP contribution in [0.25, 0.3) is 11.1 Å². The lowest BCUT2D eigenvalue weighted by Gasteiger charge is -2.07. The molecule has 21 heavy (non-hydrogen) atoms. The van der Waals surface area contributed by atoms with Gasteiger partial charge in [0.2, 0.25) is 0 Å². The molecule has 6 heteroatoms. The fourth-order valence-corrected chi connectivity index (χ4v) is 2.84. The molecule has 0 aliphatic heterocycles. The number of nitrogens with one attached hydrogen (secondary N) is 1. The molecule has 0 amide bonds. The van der Waals surface area contributed by atoms with Crippen LogP contribution in [-0.2, 0) is 6.42 Å². The summed E-state index contributed by atoms with van der Waals surface area (Å²) in [5, 5.41) is 4.38. The van der Waals surface area contributed by atoms with Gasteiger partial charge in [-0.25, -0.2) is 0 Å². The molecule has 0 radical (unpaired) electrons. The number of hydrogen-bond donors (Lipinski definition) is 2. The van der Waals surface area contributed by atoms with Crippen molar-refractivity contribution in [1.29, 1.82) is 0 Å². The zero-order valence-electron chi connectivity index (χ0n) is 11.4. The number of pyridine rings is 2. The summed E-state index contributed by atoms with van der Waals surface area (Å²) < 4.78 is 4.24. The Kier molecular flexibility index (Phi) is 4.07. The van der Waals surface area contributed by atoms with Gasteiger partial charge < -0.3 is 11.1 Å². The molecular weight excluding hydrogens is 282 g/mol. The number of anilines is 2. The van der Waals surface area contributed by atoms with Crippen molar-refractivity contribution in [2.24, 2.45) is 0 Å². The minimum atomic E-state index is 0.539. The molecule has 3 aromatic rings. The van der Waals surface area contributed by atoms with Gasteiger partial charge in [0.05, 0.1) is 5.56 Å². The van der Waals surface area contributed by atoms with Crippen LogP contribution in [0.15, 0.2) is 49.1 Å². The Morgan fingerprint density at radius 1 is 1.10 bits per heavy atom. The molecule has 0 aromatic carbocycles. The van der Waals surface area contributed by atoms with E-state index in [0.29, 0.717) is 5.82 Å². The predicted molar refractivity (Wildman–Crippen MR) is 86.2 cm³/mol. The number of nitrogens with zero attached hydrogens (tertiary/aromatic N) is 3. The predicted octanol–water partition coefficient (Wildman–Crippen LogP) is 2.84. The van der Waals surface area contributed by atoms with Crippen LogP contribution in [0.3, 0.4) is 0 Å². The van der Waals surface area contributed by atoms with E-state index < -0.39 is 0 Å². The van der Waals surface area contributed by atoms with E-state index in [1.54, 1.807) is 18.6 Å². The number of nitrogens with two attached hydrogens (primary N) is 1. The van der Waals surface area contributed by atoms with E-state index in [2.05, 4.69) is 25.7 Å². The minimum Gasteiger partial charge on any atom is -0.382 e. The monoisotopic (exact) mass is 297 g/mol. The van der Waals surface area contributed by atoms with Crippen LogP contribution in [0.5, 0.6) is 0 Å². The van der Waals surface area contributed by atoms with Crippen LogP contribution in [0, 0.1) is 0 Å². The van der Waals surface area contributed by atoms with Gasteiger partial charge in [0.1, 0.15) is 10.8 Å². The summed E-state index contributed by atoms with van der Waals surface area (Å²) in [6.45, 7) is 0.806. The quantitative estimate of drug-likeness (QED) is 0.757. The van der Waals surface area contributed by atoms with Crippen molar-refractivity contribution in [2.45, 2.75) is 6.42 Å². The summed E-state index contributed by atoms with van der Waals surface area (Å²) in [4.78, 5) is 8.25. The van der Waals surface area contributed by atoms with E-state index in [0.717, 1.165) is 29.1 Å². The largest absolute Gasteiger partial charge is 0.382 e. The Morgan fingerprint density at radius 3 is 2.62 bits per heavy atom. The van der Waals surface area contributed by atoms with Crippen molar-refractivity contribution in [3.63, 3.8) is 0 Å². The Labute approximate surface area is 127 Å². The molecule has 5 nitrogen and oxygen atoms in total. The first-order chi connectivity index (χ1) is 10.3. The molecule has 0 saturated carbocycles. The first-order valence-electron chi connectivity index (χ1n) is 6.63. The van der Waals surface area contributed by atoms with Crippen molar-refractivity contribution in [1.82, 2.24) is 14.3 Å². The molecule has 3 N–H and O–H groups in total. The van der Waals surface area contributed by atoms with Gasteiger partial charge in [-0.05, 0) is 35.6 Å². The van der Waals surface area contributed by atoms with Crippen LogP contribution in [0.2, 0.25) is 0 Å². The van der Waals surface area contributed by atoms with Gasteiger partial charge in [-0.1, -0.05) is 12.1 Å². The van der Waals surface area contributed by atoms with Gasteiger partial charge in [-0.15, -0.1) is 0 Å². The van der Waals surface area contributed by atoms with Gasteiger partial charge in [0.15, 0.2) is 0 Å². The molecule has 0 bridgehead atoms. The number of aromatic nitrogens is 3. The maximum Gasteiger partial charge on any atom is 0.147 e. The molecule has 3 heterocycles. The Morgan fingerprint density at radius 2 is 1.90 bits per heavy atom. The Bertz CT molecular complexity index is 697. The van der Waals surface area contributed by atoms with Crippen molar-refractivity contribution in [2.75, 3.05) is 17.6 Å². The number of rotatable bonds is 5. The fourth-order valence-electron chi connectivity index (χ4n) is 2.08. The average molecular weight is 297 g/mol. The van der Waals surface area contributed by atoms with Crippen molar-refractivity contribution in [3.8, 4) is 11.1 Å². The lowest BCUT2D eigenvalue weighted by molar-refractivity contribution is 1.01. The van der Waals surface area contributed by atoms with Crippen LogP contribution >= 0.6 is 11.5 Å². The summed E-state index contributed by atoms with van der Waals surface area (Å²) in [5.41, 5.74) is 9.09. The third-order valence-corrected chi connectivity index (χ3v) is 3.91. The molecular formula is C15H15N5S. The topological polar surface area (TPSA) is 76.7 Å². The van der Waals surface area contributed by atoms with Gasteiger partial charge in [-0.2, -0.15) is 4.37 Å². The normalized spacial score (nSPS) is 10.5. The van der Waals surface area contributed by atoms with Crippen LogP contribution < -0.4 is 11.1 Å². The molecule has 0 aliphatic rings. The maximum absolute atomic E-state index is 5.98. The van der Waals surface area contributed by atoms with Crippen molar-refractivity contribution < 1.29 is 0 Å². The standard InChI is InChI=1S/C15H15N5S/c16-14-13(12-4-2-7-18-10-12)15(21-20-14)19-8-5-11-3-1-6-17-9-11/h1-4,6-7,9-10,19H,5,8H2,(H2,16,20). The summed E-state index contributed by atoms with van der Waals surface area (Å²) in [6, 6.07) is 7.89. The lowest BCUT2D eigenvalue weighted by Crippen LogP contribution is -2.04. The summed E-state index contributed by atoms with van der Waals surface area (Å²) in [7, 11) is 0. The third-order valence-electron chi connectivity index (χ3n) is 3.09. The Hall–Kier alpha value is -2.47. The van der Waals surface area contributed by atoms with E-state index in [4.69, 9.17) is 5.73 Å². The molecule has 0 atom stereocenters. The van der Waals surface area contributed by atoms with Crippen LogP contribution in [0.1, 0.15) is 5.56 Å². The highest BCUT2D eigenvalue weighted by atomic mass is 32.1. The van der Waals surface area contributed by atoms with Crippen molar-refractivity contribution >= 4 is 22.4 Å². The van der Waals surface area contributed by atoms with E-state index in [1.165, 1.54) is 17.1 Å². The summed E-state index contributed by atoms with van der Waals surface area (Å²) in [6.07, 6.45) is 8.10. The minimum absolute atomic E-state index is 0.539. The highest BCUT2D eigenvalue weighted by Gasteiger charge is 2.13. The average Bonchev–Trinajstić information content (AvgIpc) is 2.90. The maximum atomic E-state index is 5.98. The Balaban J connectivity index is 1.72. The first-order valence-corrected chi connectivity index (χ1v) is 7.40. The molecule has 0 unspecified atom stereocenters. The highest BCUT2D eigenvalue weighted by Crippen LogP contribution is 2.36. The van der Waals surface area contributed by atoms with Crippen LogP contribution in [-0.4, -0.2) is 20.9 Å². The van der Waals surface area contributed by atoms with Gasteiger partial charge in [0.25, 0.3) is 0 Å². The second-order valence-corrected chi connectivity index (χ2v) is 5.33. The summed E-state index contributed by atoms with van der Waals surface area (Å²) in [5.74, 6) is 0.539. The third kappa shape index (κ3) is 3.17. The van der Waals surface area contributed by atoms with E-state index >= 15 is 0 Å². The lowest BCUT2D eigenvalue weighted by atomic mass is 10.1. The molecule has 0 fully saturated rings. The zero-order valence-corrected chi connectivity index (χ0v) is 12.2. The number of nitrogen functional groups attached to an aromatic ring is 1. The van der Waals surface area contributed by atoms with Gasteiger partial charge >= 0.3 is 0 Å². The molecule has 3 rings (SSSR count). The zero-order chi connectivity index (χ0) is 14.5. The smallest absolute Gasteiger partial charge is 0.147 e. The van der Waals surface area contributed by atoms with Crippen molar-refractivity contribution in [3.05, 3.63) is 54.6 Å². The molecule has 0 spiro atoms. The van der Waals surface area contributed by atoms with E-state index in [1.807, 2.05) is 24.4 Å². The SMILES string of the molecule is Nc1nsc(NCCc2cccnc2)c1-c1cccnc1. The van der Waals surface area contributed by atoms with Crippen LogP contribution in [0.4, 0.5) is 10.8 Å². The fraction of sp³-hybridized carbons (Fsp3) is 0.133. The highest BCUT2D eigenvalue weighted by molar-refractivity contribution is 7.11. The second kappa shape index (κ2) is 6.32. The van der Waals surface area contributed by atoms with E-state index in [-0.39, 0.29) is 0 Å². The van der Waals surface area contributed by atoms with Gasteiger partial charge in [-0.3, -0.25) is 9.97 Å².